The number of aryl methyl sites for hydroxylation is 1. The van der Waals surface area contributed by atoms with Gasteiger partial charge in [-0.2, -0.15) is 0 Å². The Labute approximate surface area is 172 Å². The molecule has 6 rings (SSSR count). The van der Waals surface area contributed by atoms with Crippen LogP contribution in [0.15, 0.2) is 55.4 Å². The van der Waals surface area contributed by atoms with E-state index in [1.807, 2.05) is 53.6 Å². The Kier molecular flexibility index (Phi) is 3.77. The van der Waals surface area contributed by atoms with E-state index in [9.17, 15) is 0 Å². The van der Waals surface area contributed by atoms with Gasteiger partial charge in [0.2, 0.25) is 5.78 Å². The molecule has 148 valence electrons. The van der Waals surface area contributed by atoms with Gasteiger partial charge in [-0.3, -0.25) is 4.40 Å². The van der Waals surface area contributed by atoms with Gasteiger partial charge in [-0.15, -0.1) is 0 Å². The summed E-state index contributed by atoms with van der Waals surface area (Å²) in [4.78, 5) is 22.6. The van der Waals surface area contributed by atoms with Crippen LogP contribution in [0.4, 0.5) is 11.6 Å². The maximum absolute atomic E-state index is 4.81. The fraction of sp³-hybridized carbons (Fsp3) is 0.227. The molecule has 5 heterocycles. The summed E-state index contributed by atoms with van der Waals surface area (Å²) in [6.07, 6.45) is 11.8. The number of aromatic nitrogens is 7. The van der Waals surface area contributed by atoms with E-state index in [2.05, 4.69) is 36.7 Å². The van der Waals surface area contributed by atoms with Gasteiger partial charge in [0.25, 0.3) is 0 Å². The second-order valence-electron chi connectivity index (χ2n) is 7.83. The Balaban J connectivity index is 1.29. The average Bonchev–Trinajstić information content (AvgIpc) is 3.33. The number of rotatable bonds is 5. The molecule has 5 aromatic heterocycles. The maximum atomic E-state index is 4.81. The topological polar surface area (TPSA) is 85.8 Å². The summed E-state index contributed by atoms with van der Waals surface area (Å²) in [5, 5.41) is 3.33. The van der Waals surface area contributed by atoms with Crippen molar-refractivity contribution in [3.05, 3.63) is 60.9 Å². The van der Waals surface area contributed by atoms with E-state index >= 15 is 0 Å². The monoisotopic (exact) mass is 396 g/mol. The number of hydrogen-bond donors (Lipinski definition) is 1. The summed E-state index contributed by atoms with van der Waals surface area (Å²) in [7, 11) is 0. The molecule has 0 bridgehead atoms. The number of nitrogens with zero attached hydrogens (tertiary/aromatic N) is 7. The summed E-state index contributed by atoms with van der Waals surface area (Å²) in [5.74, 6) is 2.96. The molecule has 1 aliphatic carbocycles. The Hall–Kier alpha value is -3.81. The Morgan fingerprint density at radius 3 is 2.83 bits per heavy atom. The van der Waals surface area contributed by atoms with E-state index in [0.717, 1.165) is 52.1 Å². The quantitative estimate of drug-likeness (QED) is 0.483. The zero-order valence-corrected chi connectivity index (χ0v) is 16.5. The molecule has 5 aromatic rings. The second-order valence-corrected chi connectivity index (χ2v) is 7.83. The third-order valence-electron chi connectivity index (χ3n) is 5.52. The first-order valence-electron chi connectivity index (χ1n) is 10.1. The molecule has 0 radical (unpaired) electrons. The van der Waals surface area contributed by atoms with Gasteiger partial charge >= 0.3 is 0 Å². The molecule has 1 aliphatic rings. The molecule has 0 spiro atoms. The predicted octanol–water partition coefficient (Wildman–Crippen LogP) is 4.00. The van der Waals surface area contributed by atoms with Crippen LogP contribution in [0.2, 0.25) is 0 Å². The zero-order chi connectivity index (χ0) is 20.1. The van der Waals surface area contributed by atoms with Gasteiger partial charge in [0, 0.05) is 30.7 Å². The number of fused-ring (bicyclic) bond motifs is 2. The van der Waals surface area contributed by atoms with Crippen LogP contribution in [0.5, 0.6) is 0 Å². The number of imidazole rings is 2. The third-order valence-corrected chi connectivity index (χ3v) is 5.52. The van der Waals surface area contributed by atoms with E-state index in [0.29, 0.717) is 5.78 Å². The van der Waals surface area contributed by atoms with Crippen molar-refractivity contribution in [3.63, 3.8) is 0 Å². The lowest BCUT2D eigenvalue weighted by molar-refractivity contribution is 0.638. The molecule has 30 heavy (non-hydrogen) atoms. The highest BCUT2D eigenvalue weighted by Crippen LogP contribution is 2.32. The Morgan fingerprint density at radius 2 is 2.00 bits per heavy atom. The highest BCUT2D eigenvalue weighted by Gasteiger charge is 2.23. The molecule has 0 atom stereocenters. The molecule has 8 nitrogen and oxygen atoms in total. The lowest BCUT2D eigenvalue weighted by Crippen LogP contribution is -2.02. The molecule has 0 aliphatic heterocycles. The van der Waals surface area contributed by atoms with Crippen molar-refractivity contribution in [1.29, 1.82) is 0 Å². The van der Waals surface area contributed by atoms with Gasteiger partial charge in [0.15, 0.2) is 5.65 Å². The minimum atomic E-state index is 0.672. The van der Waals surface area contributed by atoms with Gasteiger partial charge in [0.1, 0.15) is 17.2 Å². The third kappa shape index (κ3) is 2.97. The van der Waals surface area contributed by atoms with E-state index in [1.165, 1.54) is 12.8 Å². The van der Waals surface area contributed by atoms with Crippen molar-refractivity contribution in [2.24, 2.45) is 5.92 Å². The number of nitrogens with one attached hydrogen (secondary N) is 1. The van der Waals surface area contributed by atoms with Crippen LogP contribution >= 0.6 is 0 Å². The summed E-state index contributed by atoms with van der Waals surface area (Å²) < 4.78 is 4.12. The Morgan fingerprint density at radius 1 is 1.07 bits per heavy atom. The largest absolute Gasteiger partial charge is 0.325 e. The smallest absolute Gasteiger partial charge is 0.234 e. The Bertz CT molecular complexity index is 1360. The van der Waals surface area contributed by atoms with Crippen LogP contribution < -0.4 is 5.32 Å². The lowest BCUT2D eigenvalue weighted by atomic mass is 10.2. The molecule has 1 saturated carbocycles. The molecule has 8 heteroatoms. The van der Waals surface area contributed by atoms with Gasteiger partial charge in [0.05, 0.1) is 18.2 Å². The normalized spacial score (nSPS) is 13.9. The van der Waals surface area contributed by atoms with Gasteiger partial charge < -0.3 is 9.88 Å². The van der Waals surface area contributed by atoms with Crippen molar-refractivity contribution in [3.8, 4) is 11.3 Å². The molecule has 0 aromatic carbocycles. The summed E-state index contributed by atoms with van der Waals surface area (Å²) in [5.41, 5.74) is 4.93. The van der Waals surface area contributed by atoms with Crippen molar-refractivity contribution < 1.29 is 0 Å². The predicted molar refractivity (Wildman–Crippen MR) is 114 cm³/mol. The van der Waals surface area contributed by atoms with Gasteiger partial charge in [-0.1, -0.05) is 0 Å². The summed E-state index contributed by atoms with van der Waals surface area (Å²) in [6.45, 7) is 3.06. The highest BCUT2D eigenvalue weighted by molar-refractivity contribution is 5.78. The fourth-order valence-corrected chi connectivity index (χ4v) is 3.76. The van der Waals surface area contributed by atoms with E-state index in [1.54, 1.807) is 6.20 Å². The first-order chi connectivity index (χ1) is 14.7. The van der Waals surface area contributed by atoms with Crippen LogP contribution in [0.1, 0.15) is 18.4 Å². The number of anilines is 2. The fourth-order valence-electron chi connectivity index (χ4n) is 3.76. The van der Waals surface area contributed by atoms with Crippen molar-refractivity contribution in [2.75, 3.05) is 5.32 Å². The van der Waals surface area contributed by atoms with Crippen LogP contribution in [-0.2, 0) is 6.54 Å². The van der Waals surface area contributed by atoms with Crippen LogP contribution in [-0.4, -0.2) is 33.9 Å². The van der Waals surface area contributed by atoms with Crippen molar-refractivity contribution in [1.82, 2.24) is 33.9 Å². The van der Waals surface area contributed by atoms with Gasteiger partial charge in [-0.05, 0) is 55.5 Å². The number of pyridine rings is 2. The summed E-state index contributed by atoms with van der Waals surface area (Å²) >= 11 is 0. The zero-order valence-electron chi connectivity index (χ0n) is 16.5. The van der Waals surface area contributed by atoms with Crippen LogP contribution in [0.25, 0.3) is 28.2 Å². The molecule has 1 fully saturated rings. The minimum absolute atomic E-state index is 0.672. The molecular formula is C22H20N8. The van der Waals surface area contributed by atoms with E-state index in [-0.39, 0.29) is 0 Å². The second kappa shape index (κ2) is 6.62. The minimum Gasteiger partial charge on any atom is -0.325 e. The SMILES string of the molecule is Cc1cc(Nc2ccc(-c3cnc4ncccn34)cn2)nc2c1ncn2CC1CC1. The first-order valence-corrected chi connectivity index (χ1v) is 10.1. The van der Waals surface area contributed by atoms with Crippen molar-refractivity contribution >= 4 is 28.6 Å². The highest BCUT2D eigenvalue weighted by atomic mass is 15.1. The van der Waals surface area contributed by atoms with E-state index in [4.69, 9.17) is 4.98 Å². The number of hydrogen-bond acceptors (Lipinski definition) is 6. The average molecular weight is 396 g/mol. The summed E-state index contributed by atoms with van der Waals surface area (Å²) in [6, 6.07) is 7.88. The molecular weight excluding hydrogens is 376 g/mol. The molecule has 0 amide bonds. The maximum Gasteiger partial charge on any atom is 0.234 e. The van der Waals surface area contributed by atoms with Crippen LogP contribution in [0, 0.1) is 12.8 Å². The molecule has 0 unspecified atom stereocenters. The van der Waals surface area contributed by atoms with E-state index < -0.39 is 0 Å². The van der Waals surface area contributed by atoms with Gasteiger partial charge in [-0.25, -0.2) is 24.9 Å². The van der Waals surface area contributed by atoms with Crippen LogP contribution in [0.3, 0.4) is 0 Å². The molecule has 1 N–H and O–H groups in total. The lowest BCUT2D eigenvalue weighted by Gasteiger charge is -2.09. The first kappa shape index (κ1) is 17.1. The standard InChI is InChI=1S/C22H20N8/c1-14-9-19(28-21-20(14)26-13-29(21)12-15-3-4-15)27-18-6-5-16(10-24-18)17-11-25-22-23-7-2-8-30(17)22/h2,5-11,13,15H,3-4,12H2,1H3,(H,24,27,28). The van der Waals surface area contributed by atoms with Crippen molar-refractivity contribution in [2.45, 2.75) is 26.3 Å². The molecule has 0 saturated heterocycles.